The summed E-state index contributed by atoms with van der Waals surface area (Å²) >= 11 is 1.73. The van der Waals surface area contributed by atoms with Gasteiger partial charge in [-0.15, -0.1) is 11.3 Å². The topological polar surface area (TPSA) is 22.6 Å². The molecule has 0 saturated heterocycles. The zero-order valence-corrected chi connectivity index (χ0v) is 30.3. The molecule has 8 aromatic carbocycles. The van der Waals surface area contributed by atoms with Crippen molar-refractivity contribution in [3.8, 4) is 10.6 Å². The van der Waals surface area contributed by atoms with Crippen molar-refractivity contribution in [3.63, 3.8) is 0 Å². The predicted molar refractivity (Wildman–Crippen MR) is 229 cm³/mol. The SMILES string of the molecule is c1ccc(N(c2ccccc2)c2ccc(-c3nc4c(N(c5ccccc5)c5ccccc5)ccc(N(c5ccccc5)c5ccccc5)c4s3)cc2)cc1. The molecule has 0 saturated carbocycles. The molecular weight excluding hydrogens is 677 g/mol. The minimum absolute atomic E-state index is 0.941. The van der Waals surface area contributed by atoms with Crippen molar-refractivity contribution in [2.45, 2.75) is 0 Å². The fraction of sp³-hybridized carbons (Fsp3) is 0. The van der Waals surface area contributed by atoms with Gasteiger partial charge in [0.2, 0.25) is 0 Å². The number of hydrogen-bond acceptors (Lipinski definition) is 5. The summed E-state index contributed by atoms with van der Waals surface area (Å²) in [6.07, 6.45) is 0. The maximum absolute atomic E-state index is 5.51. The van der Waals surface area contributed by atoms with E-state index in [4.69, 9.17) is 4.98 Å². The van der Waals surface area contributed by atoms with Crippen molar-refractivity contribution >= 4 is 72.7 Å². The molecule has 0 N–H and O–H groups in total. The fourth-order valence-electron chi connectivity index (χ4n) is 6.98. The first-order valence-electron chi connectivity index (χ1n) is 18.1. The van der Waals surface area contributed by atoms with Gasteiger partial charge in [0.25, 0.3) is 0 Å². The Morgan fingerprint density at radius 3 is 1.00 bits per heavy atom. The van der Waals surface area contributed by atoms with Gasteiger partial charge in [-0.2, -0.15) is 0 Å². The highest BCUT2D eigenvalue weighted by atomic mass is 32.1. The van der Waals surface area contributed by atoms with E-state index in [-0.39, 0.29) is 0 Å². The van der Waals surface area contributed by atoms with Crippen LogP contribution in [0.4, 0.5) is 51.2 Å². The summed E-state index contributed by atoms with van der Waals surface area (Å²) in [6, 6.07) is 76.6. The van der Waals surface area contributed by atoms with Crippen LogP contribution < -0.4 is 14.7 Å². The number of nitrogens with zero attached hydrogens (tertiary/aromatic N) is 4. The second kappa shape index (κ2) is 15.0. The molecule has 0 radical (unpaired) electrons. The van der Waals surface area contributed by atoms with E-state index in [9.17, 15) is 0 Å². The summed E-state index contributed by atoms with van der Waals surface area (Å²) in [4.78, 5) is 12.4. The highest BCUT2D eigenvalue weighted by Crippen LogP contribution is 2.48. The van der Waals surface area contributed by atoms with Crippen LogP contribution in [0.3, 0.4) is 0 Å². The molecule has 0 spiro atoms. The zero-order valence-electron chi connectivity index (χ0n) is 29.5. The van der Waals surface area contributed by atoms with Crippen LogP contribution in [0.2, 0.25) is 0 Å². The molecule has 0 aliphatic rings. The van der Waals surface area contributed by atoms with Crippen LogP contribution in [0.5, 0.6) is 0 Å². The molecule has 258 valence electrons. The molecule has 5 heteroatoms. The lowest BCUT2D eigenvalue weighted by Crippen LogP contribution is -2.12. The zero-order chi connectivity index (χ0) is 36.1. The monoisotopic (exact) mass is 712 g/mol. The number of para-hydroxylation sites is 6. The lowest BCUT2D eigenvalue weighted by Gasteiger charge is -2.29. The highest BCUT2D eigenvalue weighted by Gasteiger charge is 2.24. The lowest BCUT2D eigenvalue weighted by atomic mass is 10.1. The van der Waals surface area contributed by atoms with Gasteiger partial charge >= 0.3 is 0 Å². The van der Waals surface area contributed by atoms with Crippen LogP contribution >= 0.6 is 11.3 Å². The number of fused-ring (bicyclic) bond motifs is 1. The summed E-state index contributed by atoms with van der Waals surface area (Å²) in [5, 5.41) is 0.957. The Bertz CT molecular complexity index is 2340. The minimum atomic E-state index is 0.941. The summed E-state index contributed by atoms with van der Waals surface area (Å²) in [7, 11) is 0. The van der Waals surface area contributed by atoms with E-state index in [1.807, 2.05) is 0 Å². The van der Waals surface area contributed by atoms with Gasteiger partial charge in [0.1, 0.15) is 10.5 Å². The first-order valence-corrected chi connectivity index (χ1v) is 18.9. The number of hydrogen-bond donors (Lipinski definition) is 0. The minimum Gasteiger partial charge on any atom is -0.311 e. The van der Waals surface area contributed by atoms with Crippen LogP contribution in [0.1, 0.15) is 0 Å². The van der Waals surface area contributed by atoms with Gasteiger partial charge in [0, 0.05) is 45.4 Å². The average molecular weight is 713 g/mol. The van der Waals surface area contributed by atoms with E-state index in [2.05, 4.69) is 233 Å². The Labute approximate surface area is 320 Å². The Morgan fingerprint density at radius 2 is 0.611 bits per heavy atom. The standard InChI is InChI=1S/C49H36N4S/c1-7-19-38(20-8-1)51(39-21-9-2-10-22-39)44-33-31-37(32-34-44)49-50-47-45(52(40-23-11-3-12-24-40)41-25-13-4-14-26-41)35-36-46(48(47)54-49)53(42-27-15-5-16-28-42)43-29-17-6-18-30-43/h1-36H. The van der Waals surface area contributed by atoms with Crippen LogP contribution in [-0.4, -0.2) is 4.98 Å². The quantitative estimate of drug-likeness (QED) is 0.141. The number of aromatic nitrogens is 1. The number of anilines is 9. The van der Waals surface area contributed by atoms with Crippen molar-refractivity contribution in [1.29, 1.82) is 0 Å². The Balaban J connectivity index is 1.23. The predicted octanol–water partition coefficient (Wildman–Crippen LogP) is 14.4. The summed E-state index contributed by atoms with van der Waals surface area (Å²) < 4.78 is 1.10. The van der Waals surface area contributed by atoms with Gasteiger partial charge in [-0.1, -0.05) is 109 Å². The van der Waals surface area contributed by atoms with Gasteiger partial charge in [-0.25, -0.2) is 4.98 Å². The first-order chi connectivity index (χ1) is 26.8. The van der Waals surface area contributed by atoms with E-state index < -0.39 is 0 Å². The molecule has 4 nitrogen and oxygen atoms in total. The van der Waals surface area contributed by atoms with Crippen LogP contribution in [0.25, 0.3) is 20.8 Å². The lowest BCUT2D eigenvalue weighted by molar-refractivity contribution is 1.27. The van der Waals surface area contributed by atoms with Crippen LogP contribution in [0.15, 0.2) is 218 Å². The van der Waals surface area contributed by atoms with E-state index >= 15 is 0 Å². The van der Waals surface area contributed by atoms with Gasteiger partial charge in [-0.05, 0) is 109 Å². The molecule has 0 fully saturated rings. The van der Waals surface area contributed by atoms with E-state index in [0.29, 0.717) is 0 Å². The van der Waals surface area contributed by atoms with Crippen LogP contribution in [-0.2, 0) is 0 Å². The molecule has 9 rings (SSSR count). The van der Waals surface area contributed by atoms with Gasteiger partial charge in [0.15, 0.2) is 0 Å². The molecule has 0 atom stereocenters. The Hall–Kier alpha value is -6.95. The van der Waals surface area contributed by atoms with Crippen molar-refractivity contribution in [3.05, 3.63) is 218 Å². The van der Waals surface area contributed by atoms with Crippen molar-refractivity contribution < 1.29 is 0 Å². The Kier molecular flexibility index (Phi) is 9.12. The van der Waals surface area contributed by atoms with Crippen molar-refractivity contribution in [2.75, 3.05) is 14.7 Å². The van der Waals surface area contributed by atoms with E-state index in [1.165, 1.54) is 0 Å². The third-order valence-corrected chi connectivity index (χ3v) is 10.6. The number of thiazole rings is 1. The smallest absolute Gasteiger partial charge is 0.124 e. The molecular formula is C49H36N4S. The number of rotatable bonds is 10. The van der Waals surface area contributed by atoms with Crippen LogP contribution in [0, 0.1) is 0 Å². The molecule has 0 unspecified atom stereocenters. The van der Waals surface area contributed by atoms with Gasteiger partial charge in [-0.3, -0.25) is 0 Å². The molecule has 54 heavy (non-hydrogen) atoms. The first kappa shape index (κ1) is 32.9. The maximum atomic E-state index is 5.51. The van der Waals surface area contributed by atoms with Gasteiger partial charge < -0.3 is 14.7 Å². The molecule has 0 aliphatic carbocycles. The summed E-state index contributed by atoms with van der Waals surface area (Å²) in [5.41, 5.74) is 11.7. The van der Waals surface area contributed by atoms with E-state index in [0.717, 1.165) is 72.0 Å². The second-order valence-electron chi connectivity index (χ2n) is 12.9. The Morgan fingerprint density at radius 1 is 0.296 bits per heavy atom. The molecule has 0 bridgehead atoms. The van der Waals surface area contributed by atoms with Gasteiger partial charge in [0.05, 0.1) is 16.1 Å². The molecule has 1 heterocycles. The normalized spacial score (nSPS) is 11.0. The van der Waals surface area contributed by atoms with E-state index in [1.54, 1.807) is 11.3 Å². The van der Waals surface area contributed by atoms with Crippen molar-refractivity contribution in [1.82, 2.24) is 4.98 Å². The highest BCUT2D eigenvalue weighted by molar-refractivity contribution is 7.22. The maximum Gasteiger partial charge on any atom is 0.124 e. The third-order valence-electron chi connectivity index (χ3n) is 9.44. The largest absolute Gasteiger partial charge is 0.311 e. The molecule has 9 aromatic rings. The third kappa shape index (κ3) is 6.49. The average Bonchev–Trinajstić information content (AvgIpc) is 3.71. The number of benzene rings is 8. The fourth-order valence-corrected chi connectivity index (χ4v) is 8.07. The summed E-state index contributed by atoms with van der Waals surface area (Å²) in [6.45, 7) is 0. The molecule has 0 aliphatic heterocycles. The second-order valence-corrected chi connectivity index (χ2v) is 13.9. The van der Waals surface area contributed by atoms with Crippen molar-refractivity contribution in [2.24, 2.45) is 0 Å². The molecule has 1 aromatic heterocycles. The molecule has 0 amide bonds. The summed E-state index contributed by atoms with van der Waals surface area (Å²) in [5.74, 6) is 0.